The summed E-state index contributed by atoms with van der Waals surface area (Å²) in [5.41, 5.74) is -28.1. The molecule has 0 heterocycles. The molecule has 0 spiro atoms. The minimum atomic E-state index is -6.17. The highest BCUT2D eigenvalue weighted by atomic mass is 19.4. The van der Waals surface area contributed by atoms with Gasteiger partial charge in [-0.05, 0) is 6.92 Å². The van der Waals surface area contributed by atoms with E-state index in [0.717, 1.165) is 30.3 Å². The number of halogens is 16. The van der Waals surface area contributed by atoms with Crippen LogP contribution in [-0.2, 0) is 12.4 Å². The first kappa shape index (κ1) is 39.0. The van der Waals surface area contributed by atoms with Crippen molar-refractivity contribution in [1.29, 1.82) is 26.3 Å². The Morgan fingerprint density at radius 3 is 1.00 bits per heavy atom. The molecule has 0 bridgehead atoms. The predicted octanol–water partition coefficient (Wildman–Crippen LogP) is 9.41. The molecule has 0 saturated heterocycles. The molecule has 1 saturated carbocycles. The Morgan fingerprint density at radius 2 is 0.679 bits per heavy atom. The van der Waals surface area contributed by atoms with Crippen molar-refractivity contribution in [1.82, 2.24) is 0 Å². The minimum Gasteiger partial charge on any atom is -0.206 e. The summed E-state index contributed by atoms with van der Waals surface area (Å²) in [6.07, 6.45) is -12.0. The molecule has 1 aliphatic carbocycles. The van der Waals surface area contributed by atoms with E-state index >= 15 is 26.3 Å². The lowest BCUT2D eigenvalue weighted by Crippen LogP contribution is -2.17. The van der Waals surface area contributed by atoms with Gasteiger partial charge < -0.3 is 0 Å². The van der Waals surface area contributed by atoms with E-state index in [1.54, 1.807) is 0 Å². The summed E-state index contributed by atoms with van der Waals surface area (Å²) in [4.78, 5) is 0. The Hall–Kier alpha value is -6.79. The highest BCUT2D eigenvalue weighted by Gasteiger charge is 2.49. The SMILES string of the molecule is Cc1c(F)c(/C(C#N)=C2/C(=C(C#N)c3c(F)c(F)c(C(F)(F)F)c(F)c3F)/C2=C(/C#N)c2c(F)c(F)c(C#N)c(C#N)c2F)c(F)c(F)c1C(F)(F)F. The first-order valence-electron chi connectivity index (χ1n) is 13.1. The van der Waals surface area contributed by atoms with Crippen LogP contribution in [-0.4, -0.2) is 0 Å². The first-order valence-corrected chi connectivity index (χ1v) is 13.1. The number of hydrogen-bond donors (Lipinski definition) is 0. The number of nitrogens with zero attached hydrogens (tertiary/aromatic N) is 5. The number of alkyl halides is 6. The zero-order valence-corrected chi connectivity index (χ0v) is 24.8. The van der Waals surface area contributed by atoms with Crippen molar-refractivity contribution in [3.63, 3.8) is 0 Å². The maximum Gasteiger partial charge on any atom is 0.422 e. The lowest BCUT2D eigenvalue weighted by atomic mass is 9.95. The average Bonchev–Trinajstić information content (AvgIpc) is 3.79. The molecular formula is C32H3F16N5. The molecule has 0 amide bonds. The first-order chi connectivity index (χ1) is 24.5. The lowest BCUT2D eigenvalue weighted by molar-refractivity contribution is -0.143. The fourth-order valence-corrected chi connectivity index (χ4v) is 5.17. The topological polar surface area (TPSA) is 119 Å². The van der Waals surface area contributed by atoms with Gasteiger partial charge in [-0.25, -0.2) is 43.9 Å². The second-order valence-electron chi connectivity index (χ2n) is 10.2. The van der Waals surface area contributed by atoms with Crippen molar-refractivity contribution in [3.05, 3.63) is 119 Å². The van der Waals surface area contributed by atoms with Gasteiger partial charge in [0.1, 0.15) is 58.4 Å². The molecule has 21 heteroatoms. The van der Waals surface area contributed by atoms with Gasteiger partial charge in [0.25, 0.3) is 0 Å². The highest BCUT2D eigenvalue weighted by molar-refractivity contribution is 6.12. The van der Waals surface area contributed by atoms with E-state index in [2.05, 4.69) is 0 Å². The van der Waals surface area contributed by atoms with Crippen molar-refractivity contribution >= 4 is 16.7 Å². The van der Waals surface area contributed by atoms with Crippen molar-refractivity contribution in [2.75, 3.05) is 0 Å². The van der Waals surface area contributed by atoms with E-state index in [9.17, 15) is 65.0 Å². The van der Waals surface area contributed by atoms with E-state index in [0.29, 0.717) is 0 Å². The molecule has 5 nitrogen and oxygen atoms in total. The van der Waals surface area contributed by atoms with Crippen LogP contribution in [0.15, 0.2) is 16.7 Å². The lowest BCUT2D eigenvalue weighted by Gasteiger charge is -2.15. The number of rotatable bonds is 3. The molecule has 3 aromatic carbocycles. The monoisotopic (exact) mass is 761 g/mol. The van der Waals surface area contributed by atoms with Crippen LogP contribution in [0.2, 0.25) is 0 Å². The zero-order chi connectivity index (χ0) is 40.4. The van der Waals surface area contributed by atoms with E-state index in [4.69, 9.17) is 5.26 Å². The van der Waals surface area contributed by atoms with E-state index < -0.39 is 148 Å². The molecule has 0 unspecified atom stereocenters. The summed E-state index contributed by atoms with van der Waals surface area (Å²) < 4.78 is 231. The fraction of sp³-hybridized carbons (Fsp3) is 0.0938. The average molecular weight is 761 g/mol. The summed E-state index contributed by atoms with van der Waals surface area (Å²) in [5, 5.41) is 47.9. The molecule has 53 heavy (non-hydrogen) atoms. The molecule has 0 atom stereocenters. The van der Waals surface area contributed by atoms with Crippen LogP contribution in [0.4, 0.5) is 70.2 Å². The second kappa shape index (κ2) is 13.1. The molecule has 1 fully saturated rings. The van der Waals surface area contributed by atoms with Gasteiger partial charge in [0.05, 0.1) is 33.4 Å². The van der Waals surface area contributed by atoms with E-state index in [1.165, 1.54) is 0 Å². The van der Waals surface area contributed by atoms with Gasteiger partial charge in [-0.15, -0.1) is 0 Å². The maximum absolute atomic E-state index is 15.5. The summed E-state index contributed by atoms with van der Waals surface area (Å²) in [6, 6.07) is 4.41. The normalized spacial score (nSPS) is 15.5. The molecule has 0 radical (unpaired) electrons. The van der Waals surface area contributed by atoms with Crippen LogP contribution < -0.4 is 0 Å². The van der Waals surface area contributed by atoms with Gasteiger partial charge in [-0.2, -0.15) is 52.7 Å². The Kier molecular flexibility index (Phi) is 9.62. The van der Waals surface area contributed by atoms with Gasteiger partial charge >= 0.3 is 12.4 Å². The predicted molar refractivity (Wildman–Crippen MR) is 141 cm³/mol. The van der Waals surface area contributed by atoms with Crippen LogP contribution in [0.25, 0.3) is 16.7 Å². The second-order valence-corrected chi connectivity index (χ2v) is 10.2. The van der Waals surface area contributed by atoms with E-state index in [-0.39, 0.29) is 6.92 Å². The molecule has 268 valence electrons. The Bertz CT molecular complexity index is 2360. The quantitative estimate of drug-likeness (QED) is 0.150. The third-order valence-corrected chi connectivity index (χ3v) is 7.45. The largest absolute Gasteiger partial charge is 0.422 e. The molecule has 3 aromatic rings. The molecule has 4 rings (SSSR count). The Morgan fingerprint density at radius 1 is 0.396 bits per heavy atom. The van der Waals surface area contributed by atoms with Crippen molar-refractivity contribution < 1.29 is 70.2 Å². The van der Waals surface area contributed by atoms with Crippen molar-refractivity contribution in [3.8, 4) is 30.3 Å². The minimum absolute atomic E-state index is 0.192. The Labute approximate surface area is 282 Å². The van der Waals surface area contributed by atoms with Crippen molar-refractivity contribution in [2.24, 2.45) is 0 Å². The van der Waals surface area contributed by atoms with Gasteiger partial charge in [0, 0.05) is 22.3 Å². The molecule has 0 aliphatic heterocycles. The molecule has 0 N–H and O–H groups in total. The fourth-order valence-electron chi connectivity index (χ4n) is 5.17. The van der Waals surface area contributed by atoms with Gasteiger partial charge in [-0.1, -0.05) is 0 Å². The summed E-state index contributed by atoms with van der Waals surface area (Å²) in [6.45, 7) is 0.192. The molecular weight excluding hydrogens is 758 g/mol. The van der Waals surface area contributed by atoms with Gasteiger partial charge in [0.2, 0.25) is 0 Å². The summed E-state index contributed by atoms with van der Waals surface area (Å²) in [7, 11) is 0. The standard InChI is InChI=1S/C32H3F16N5/c1-7-19(31(43,44)45)28(40)25(37)16(21(7)33)10(4-51)13-14(11(5-52)17-22(34)8(2-49)9(3-50)23(35)24(17)36)15(13)12(6-53)18-26(38)29(41)20(32(46,47)48)30(42)27(18)39/h1H3/b13-10+,14-11-,15-12?. The third kappa shape index (κ3) is 5.75. The summed E-state index contributed by atoms with van der Waals surface area (Å²) in [5.74, 6) is -28.0. The Balaban J connectivity index is 2.40. The van der Waals surface area contributed by atoms with Crippen LogP contribution >= 0.6 is 0 Å². The molecule has 1 aliphatic rings. The maximum atomic E-state index is 15.5. The molecule has 0 aromatic heterocycles. The summed E-state index contributed by atoms with van der Waals surface area (Å²) >= 11 is 0. The smallest absolute Gasteiger partial charge is 0.206 e. The third-order valence-electron chi connectivity index (χ3n) is 7.45. The number of benzene rings is 3. The van der Waals surface area contributed by atoms with Crippen LogP contribution in [0.3, 0.4) is 0 Å². The zero-order valence-electron chi connectivity index (χ0n) is 24.8. The van der Waals surface area contributed by atoms with E-state index in [1.807, 2.05) is 0 Å². The van der Waals surface area contributed by atoms with Crippen molar-refractivity contribution in [2.45, 2.75) is 19.3 Å². The van der Waals surface area contributed by atoms with Gasteiger partial charge in [-0.3, -0.25) is 0 Å². The number of nitriles is 5. The highest BCUT2D eigenvalue weighted by Crippen LogP contribution is 2.58. The van der Waals surface area contributed by atoms with Crippen LogP contribution in [0.5, 0.6) is 0 Å². The van der Waals surface area contributed by atoms with Crippen LogP contribution in [0.1, 0.15) is 44.5 Å². The number of allylic oxidation sites excluding steroid dienone is 6. The van der Waals surface area contributed by atoms with Crippen LogP contribution in [0, 0.1) is 122 Å². The van der Waals surface area contributed by atoms with Gasteiger partial charge in [0.15, 0.2) is 52.4 Å². The number of hydrogen-bond acceptors (Lipinski definition) is 5.